The number of hydrogen-bond donors (Lipinski definition) is 1. The Labute approximate surface area is 148 Å². The third-order valence-corrected chi connectivity index (χ3v) is 4.78. The molecule has 21 heavy (non-hydrogen) atoms. The first-order valence-electron chi connectivity index (χ1n) is 6.82. The second-order valence-electron chi connectivity index (χ2n) is 5.21. The molecule has 114 valence electrons. The molecule has 3 rings (SSSR count). The normalized spacial score (nSPS) is 21.9. The number of halogens is 3. The van der Waals surface area contributed by atoms with Crippen LogP contribution in [0.3, 0.4) is 0 Å². The van der Waals surface area contributed by atoms with Gasteiger partial charge >= 0.3 is 0 Å². The predicted octanol–water partition coefficient (Wildman–Crippen LogP) is 4.51. The number of allylic oxidation sites excluding steroid dienone is 2. The molecule has 0 saturated carbocycles. The van der Waals surface area contributed by atoms with E-state index in [2.05, 4.69) is 79.7 Å². The van der Waals surface area contributed by atoms with Crippen LogP contribution in [0.15, 0.2) is 54.1 Å². The Bertz CT molecular complexity index is 526. The van der Waals surface area contributed by atoms with Crippen LogP contribution < -0.4 is 5.32 Å². The first kappa shape index (κ1) is 17.2. The minimum absolute atomic E-state index is 0. The smallest absolute Gasteiger partial charge is 0.108 e. The van der Waals surface area contributed by atoms with Crippen LogP contribution in [0.5, 0.6) is 0 Å². The number of rotatable bonds is 4. The zero-order valence-electron chi connectivity index (χ0n) is 11.5. The van der Waals surface area contributed by atoms with E-state index in [4.69, 9.17) is 4.74 Å². The largest absolute Gasteiger partial charge is 0.363 e. The van der Waals surface area contributed by atoms with E-state index in [0.717, 1.165) is 19.5 Å². The van der Waals surface area contributed by atoms with E-state index >= 15 is 0 Å². The molecule has 1 aromatic carbocycles. The number of alkyl halides is 2. The molecule has 1 N–H and O–H groups in total. The van der Waals surface area contributed by atoms with E-state index in [0.29, 0.717) is 6.10 Å². The molecule has 1 saturated heterocycles. The molecule has 0 spiro atoms. The predicted molar refractivity (Wildman–Crippen MR) is 96.6 cm³/mol. The van der Waals surface area contributed by atoms with Gasteiger partial charge in [-0.25, -0.2) is 0 Å². The summed E-state index contributed by atoms with van der Waals surface area (Å²) in [5, 5.41) is 3.26. The molecule has 1 aromatic rings. The molecular weight excluding hydrogens is 417 g/mol. The average Bonchev–Trinajstić information content (AvgIpc) is 2.40. The second kappa shape index (κ2) is 7.42. The molecule has 0 aromatic heterocycles. The molecule has 0 radical (unpaired) electrons. The lowest BCUT2D eigenvalue weighted by atomic mass is 9.96. The topological polar surface area (TPSA) is 21.3 Å². The zero-order valence-corrected chi connectivity index (χ0v) is 15.5. The van der Waals surface area contributed by atoms with Gasteiger partial charge in [0.25, 0.3) is 0 Å². The zero-order chi connectivity index (χ0) is 14.0. The van der Waals surface area contributed by atoms with Crippen molar-refractivity contribution in [2.75, 3.05) is 13.1 Å². The van der Waals surface area contributed by atoms with Crippen molar-refractivity contribution < 1.29 is 4.74 Å². The molecular formula is C16H18Br2ClNO. The fraction of sp³-hybridized carbons (Fsp3) is 0.375. The molecule has 1 heterocycles. The van der Waals surface area contributed by atoms with Gasteiger partial charge in [-0.3, -0.25) is 0 Å². The minimum atomic E-state index is -0.108. The molecule has 1 fully saturated rings. The maximum atomic E-state index is 6.27. The Balaban J connectivity index is 0.00000161. The van der Waals surface area contributed by atoms with Crippen molar-refractivity contribution in [1.82, 2.24) is 5.32 Å². The highest BCUT2D eigenvalue weighted by Crippen LogP contribution is 2.39. The quantitative estimate of drug-likeness (QED) is 0.703. The van der Waals surface area contributed by atoms with Gasteiger partial charge in [0.1, 0.15) is 9.34 Å². The Kier molecular flexibility index (Phi) is 6.09. The highest BCUT2D eigenvalue weighted by molar-refractivity contribution is 9.25. The van der Waals surface area contributed by atoms with Crippen LogP contribution in [0.1, 0.15) is 18.1 Å². The standard InChI is InChI=1S/C16H17Br2NO.ClH/c17-16(18)8-6-13(7-9-16)15(20-14-10-19-11-14)12-4-2-1-3-5-12;/h1-8,14-15,19H,9-11H2;1H. The van der Waals surface area contributed by atoms with E-state index in [1.807, 2.05) is 6.07 Å². The van der Waals surface area contributed by atoms with Crippen molar-refractivity contribution in [2.24, 2.45) is 0 Å². The highest BCUT2D eigenvalue weighted by Gasteiger charge is 2.28. The molecule has 2 nitrogen and oxygen atoms in total. The Hall–Kier alpha value is -0.130. The average molecular weight is 436 g/mol. The number of ether oxygens (including phenoxy) is 1. The summed E-state index contributed by atoms with van der Waals surface area (Å²) in [6.45, 7) is 1.89. The van der Waals surface area contributed by atoms with Gasteiger partial charge in [0.2, 0.25) is 0 Å². The van der Waals surface area contributed by atoms with Crippen LogP contribution in [-0.2, 0) is 4.74 Å². The van der Waals surface area contributed by atoms with Crippen LogP contribution >= 0.6 is 44.3 Å². The first-order valence-corrected chi connectivity index (χ1v) is 8.41. The summed E-state index contributed by atoms with van der Waals surface area (Å²) in [4.78, 5) is 0. The maximum Gasteiger partial charge on any atom is 0.108 e. The summed E-state index contributed by atoms with van der Waals surface area (Å²) >= 11 is 7.27. The molecule has 1 unspecified atom stereocenters. The van der Waals surface area contributed by atoms with Crippen molar-refractivity contribution in [3.63, 3.8) is 0 Å². The molecule has 0 amide bonds. The third-order valence-electron chi connectivity index (χ3n) is 3.61. The van der Waals surface area contributed by atoms with E-state index in [1.165, 1.54) is 11.1 Å². The van der Waals surface area contributed by atoms with E-state index in [-0.39, 0.29) is 21.7 Å². The van der Waals surface area contributed by atoms with E-state index in [9.17, 15) is 0 Å². The van der Waals surface area contributed by atoms with Crippen LogP contribution in [0.4, 0.5) is 0 Å². The van der Waals surface area contributed by atoms with Crippen LogP contribution in [0.25, 0.3) is 0 Å². The van der Waals surface area contributed by atoms with Crippen molar-refractivity contribution in [1.29, 1.82) is 0 Å². The molecule has 5 heteroatoms. The molecule has 0 bridgehead atoms. The molecule has 2 aliphatic rings. The van der Waals surface area contributed by atoms with Gasteiger partial charge in [0.15, 0.2) is 0 Å². The highest BCUT2D eigenvalue weighted by atomic mass is 79.9. The van der Waals surface area contributed by atoms with Crippen LogP contribution in [0, 0.1) is 0 Å². The lowest BCUT2D eigenvalue weighted by Crippen LogP contribution is -2.49. The number of hydrogen-bond acceptors (Lipinski definition) is 2. The molecule has 1 aliphatic heterocycles. The van der Waals surface area contributed by atoms with E-state index < -0.39 is 0 Å². The van der Waals surface area contributed by atoms with Crippen LogP contribution in [-0.4, -0.2) is 22.4 Å². The summed E-state index contributed by atoms with van der Waals surface area (Å²) in [6.07, 6.45) is 7.78. The van der Waals surface area contributed by atoms with Gasteiger partial charge in [-0.15, -0.1) is 12.4 Å². The maximum absolute atomic E-state index is 6.27. The minimum Gasteiger partial charge on any atom is -0.363 e. The Morgan fingerprint density at radius 3 is 2.43 bits per heavy atom. The summed E-state index contributed by atoms with van der Waals surface area (Å²) in [6, 6.07) is 10.4. The van der Waals surface area contributed by atoms with Gasteiger partial charge in [0.05, 0.1) is 6.10 Å². The van der Waals surface area contributed by atoms with Gasteiger partial charge in [0, 0.05) is 13.1 Å². The summed E-state index contributed by atoms with van der Waals surface area (Å²) in [5.41, 5.74) is 2.45. The first-order chi connectivity index (χ1) is 9.64. The summed E-state index contributed by atoms with van der Waals surface area (Å²) in [5.74, 6) is 0. The fourth-order valence-corrected chi connectivity index (χ4v) is 2.92. The fourth-order valence-electron chi connectivity index (χ4n) is 2.33. The van der Waals surface area contributed by atoms with Gasteiger partial charge in [-0.2, -0.15) is 0 Å². The van der Waals surface area contributed by atoms with Gasteiger partial charge in [-0.1, -0.05) is 80.4 Å². The lowest BCUT2D eigenvalue weighted by molar-refractivity contribution is -0.0207. The number of nitrogens with one attached hydrogen (secondary N) is 1. The van der Waals surface area contributed by atoms with Crippen molar-refractivity contribution in [3.05, 3.63) is 59.7 Å². The summed E-state index contributed by atoms with van der Waals surface area (Å²) < 4.78 is 6.16. The Morgan fingerprint density at radius 2 is 1.90 bits per heavy atom. The van der Waals surface area contributed by atoms with E-state index in [1.54, 1.807) is 0 Å². The van der Waals surface area contributed by atoms with Crippen molar-refractivity contribution in [2.45, 2.75) is 21.9 Å². The SMILES string of the molecule is BrC1(Br)C=CC(C(OC2CNC2)c2ccccc2)=CC1.Cl. The molecule has 1 atom stereocenters. The molecule has 1 aliphatic carbocycles. The second-order valence-corrected chi connectivity index (χ2v) is 9.10. The Morgan fingerprint density at radius 1 is 1.19 bits per heavy atom. The van der Waals surface area contributed by atoms with Crippen LogP contribution in [0.2, 0.25) is 0 Å². The summed E-state index contributed by atoms with van der Waals surface area (Å²) in [7, 11) is 0. The monoisotopic (exact) mass is 433 g/mol. The van der Waals surface area contributed by atoms with Gasteiger partial charge < -0.3 is 10.1 Å². The van der Waals surface area contributed by atoms with Crippen molar-refractivity contribution >= 4 is 44.3 Å². The third kappa shape index (κ3) is 4.42. The van der Waals surface area contributed by atoms with Crippen molar-refractivity contribution in [3.8, 4) is 0 Å². The lowest BCUT2D eigenvalue weighted by Gasteiger charge is -2.33. The van der Waals surface area contributed by atoms with Gasteiger partial charge in [-0.05, 0) is 17.6 Å². The number of benzene rings is 1.